The summed E-state index contributed by atoms with van der Waals surface area (Å²) in [5, 5.41) is 9.11. The van der Waals surface area contributed by atoms with Gasteiger partial charge in [0.25, 0.3) is 0 Å². The van der Waals surface area contributed by atoms with E-state index in [9.17, 15) is 0 Å². The van der Waals surface area contributed by atoms with Gasteiger partial charge in [-0.05, 0) is 55.2 Å². The Morgan fingerprint density at radius 1 is 1.00 bits per heavy atom. The largest absolute Gasteiger partial charge is 0.489 e. The van der Waals surface area contributed by atoms with E-state index in [2.05, 4.69) is 32.9 Å². The predicted octanol–water partition coefficient (Wildman–Crippen LogP) is 3.68. The third kappa shape index (κ3) is 3.36. The van der Waals surface area contributed by atoms with Gasteiger partial charge < -0.3 is 9.84 Å². The Balaban J connectivity index is 2.14. The van der Waals surface area contributed by atoms with Crippen LogP contribution in [0.1, 0.15) is 27.8 Å². The average Bonchev–Trinajstić information content (AvgIpc) is 2.37. The molecule has 100 valence electrons. The highest BCUT2D eigenvalue weighted by Gasteiger charge is 2.05. The van der Waals surface area contributed by atoms with Crippen LogP contribution in [0, 0.1) is 20.8 Å². The van der Waals surface area contributed by atoms with Crippen LogP contribution < -0.4 is 4.74 Å². The van der Waals surface area contributed by atoms with E-state index >= 15 is 0 Å². The standard InChI is InChI=1S/C17H20O2/c1-12-7-13(2)17(14(3)8-12)11-19-16-6-4-5-15(9-16)10-18/h4-9,18H,10-11H2,1-3H3. The summed E-state index contributed by atoms with van der Waals surface area (Å²) in [6, 6.07) is 11.9. The fraction of sp³-hybridized carbons (Fsp3) is 0.294. The number of rotatable bonds is 4. The second kappa shape index (κ2) is 5.89. The molecule has 0 heterocycles. The van der Waals surface area contributed by atoms with E-state index in [1.54, 1.807) is 0 Å². The van der Waals surface area contributed by atoms with Gasteiger partial charge >= 0.3 is 0 Å². The molecular formula is C17H20O2. The number of hydrogen-bond acceptors (Lipinski definition) is 2. The Kier molecular flexibility index (Phi) is 4.23. The van der Waals surface area contributed by atoms with Crippen LogP contribution >= 0.6 is 0 Å². The minimum absolute atomic E-state index is 0.0415. The van der Waals surface area contributed by atoms with Crippen LogP contribution in [0.4, 0.5) is 0 Å². The quantitative estimate of drug-likeness (QED) is 0.904. The smallest absolute Gasteiger partial charge is 0.120 e. The Labute approximate surface area is 114 Å². The van der Waals surface area contributed by atoms with Crippen LogP contribution in [0.3, 0.4) is 0 Å². The molecule has 0 spiro atoms. The van der Waals surface area contributed by atoms with Crippen molar-refractivity contribution in [2.45, 2.75) is 34.0 Å². The van der Waals surface area contributed by atoms with Crippen molar-refractivity contribution < 1.29 is 9.84 Å². The van der Waals surface area contributed by atoms with Crippen molar-refractivity contribution >= 4 is 0 Å². The maximum atomic E-state index is 9.11. The molecule has 2 heteroatoms. The average molecular weight is 256 g/mol. The first kappa shape index (κ1) is 13.6. The second-order valence-electron chi connectivity index (χ2n) is 4.97. The molecule has 0 radical (unpaired) electrons. The SMILES string of the molecule is Cc1cc(C)c(COc2cccc(CO)c2)c(C)c1. The Morgan fingerprint density at radius 3 is 2.32 bits per heavy atom. The van der Waals surface area contributed by atoms with Crippen molar-refractivity contribution in [2.75, 3.05) is 0 Å². The fourth-order valence-corrected chi connectivity index (χ4v) is 2.33. The lowest BCUT2D eigenvalue weighted by Gasteiger charge is -2.13. The number of aliphatic hydroxyl groups excluding tert-OH is 1. The Morgan fingerprint density at radius 2 is 1.68 bits per heavy atom. The number of aryl methyl sites for hydroxylation is 3. The lowest BCUT2D eigenvalue weighted by molar-refractivity contribution is 0.277. The number of benzene rings is 2. The first-order valence-corrected chi connectivity index (χ1v) is 6.49. The van der Waals surface area contributed by atoms with Gasteiger partial charge in [0.15, 0.2) is 0 Å². The minimum atomic E-state index is 0.0415. The first-order valence-electron chi connectivity index (χ1n) is 6.49. The molecule has 19 heavy (non-hydrogen) atoms. The molecule has 0 atom stereocenters. The lowest BCUT2D eigenvalue weighted by Crippen LogP contribution is -2.01. The number of ether oxygens (including phenoxy) is 1. The van der Waals surface area contributed by atoms with E-state index in [0.717, 1.165) is 11.3 Å². The van der Waals surface area contributed by atoms with Crippen molar-refractivity contribution in [3.8, 4) is 5.75 Å². The highest BCUT2D eigenvalue weighted by atomic mass is 16.5. The summed E-state index contributed by atoms with van der Waals surface area (Å²) in [7, 11) is 0. The summed E-state index contributed by atoms with van der Waals surface area (Å²) in [5.74, 6) is 0.797. The predicted molar refractivity (Wildman–Crippen MR) is 77.3 cm³/mol. The molecule has 0 amide bonds. The molecule has 0 fully saturated rings. The highest BCUT2D eigenvalue weighted by Crippen LogP contribution is 2.20. The highest BCUT2D eigenvalue weighted by molar-refractivity contribution is 5.37. The molecule has 0 saturated heterocycles. The van der Waals surface area contributed by atoms with E-state index in [-0.39, 0.29) is 6.61 Å². The molecule has 0 aliphatic rings. The van der Waals surface area contributed by atoms with E-state index < -0.39 is 0 Å². The van der Waals surface area contributed by atoms with Crippen molar-refractivity contribution in [2.24, 2.45) is 0 Å². The third-order valence-electron chi connectivity index (χ3n) is 3.30. The summed E-state index contributed by atoms with van der Waals surface area (Å²) < 4.78 is 5.82. The van der Waals surface area contributed by atoms with Gasteiger partial charge in [-0.15, -0.1) is 0 Å². The summed E-state index contributed by atoms with van der Waals surface area (Å²) in [5.41, 5.74) is 5.91. The molecular weight excluding hydrogens is 236 g/mol. The van der Waals surface area contributed by atoms with Gasteiger partial charge in [-0.2, -0.15) is 0 Å². The summed E-state index contributed by atoms with van der Waals surface area (Å²) in [4.78, 5) is 0. The molecule has 0 unspecified atom stereocenters. The molecule has 0 aliphatic carbocycles. The Bertz CT molecular complexity index is 550. The van der Waals surface area contributed by atoms with Crippen molar-refractivity contribution in [3.63, 3.8) is 0 Å². The van der Waals surface area contributed by atoms with E-state index in [0.29, 0.717) is 6.61 Å². The third-order valence-corrected chi connectivity index (χ3v) is 3.30. The zero-order valence-electron chi connectivity index (χ0n) is 11.7. The van der Waals surface area contributed by atoms with Gasteiger partial charge in [0.1, 0.15) is 12.4 Å². The fourth-order valence-electron chi connectivity index (χ4n) is 2.33. The second-order valence-corrected chi connectivity index (χ2v) is 4.97. The summed E-state index contributed by atoms with van der Waals surface area (Å²) in [6.07, 6.45) is 0. The molecule has 0 aliphatic heterocycles. The molecule has 2 aromatic rings. The van der Waals surface area contributed by atoms with Crippen LogP contribution in [0.5, 0.6) is 5.75 Å². The van der Waals surface area contributed by atoms with E-state index in [4.69, 9.17) is 9.84 Å². The van der Waals surface area contributed by atoms with Crippen LogP contribution in [-0.4, -0.2) is 5.11 Å². The molecule has 2 rings (SSSR count). The molecule has 0 bridgehead atoms. The molecule has 2 aromatic carbocycles. The van der Waals surface area contributed by atoms with Crippen LogP contribution in [-0.2, 0) is 13.2 Å². The Hall–Kier alpha value is -1.80. The topological polar surface area (TPSA) is 29.5 Å². The van der Waals surface area contributed by atoms with Gasteiger partial charge in [0.05, 0.1) is 6.61 Å². The zero-order valence-corrected chi connectivity index (χ0v) is 11.7. The molecule has 0 aromatic heterocycles. The first-order chi connectivity index (χ1) is 9.10. The summed E-state index contributed by atoms with van der Waals surface area (Å²) >= 11 is 0. The van der Waals surface area contributed by atoms with Gasteiger partial charge in [-0.1, -0.05) is 29.8 Å². The monoisotopic (exact) mass is 256 g/mol. The molecule has 1 N–H and O–H groups in total. The van der Waals surface area contributed by atoms with Gasteiger partial charge in [0.2, 0.25) is 0 Å². The number of aliphatic hydroxyl groups is 1. The van der Waals surface area contributed by atoms with E-state index in [1.165, 1.54) is 22.3 Å². The van der Waals surface area contributed by atoms with Gasteiger partial charge in [-0.3, -0.25) is 0 Å². The van der Waals surface area contributed by atoms with Crippen molar-refractivity contribution in [3.05, 3.63) is 64.2 Å². The van der Waals surface area contributed by atoms with Gasteiger partial charge in [0, 0.05) is 0 Å². The minimum Gasteiger partial charge on any atom is -0.489 e. The van der Waals surface area contributed by atoms with Crippen LogP contribution in [0.2, 0.25) is 0 Å². The van der Waals surface area contributed by atoms with Crippen molar-refractivity contribution in [1.82, 2.24) is 0 Å². The van der Waals surface area contributed by atoms with Crippen LogP contribution in [0.15, 0.2) is 36.4 Å². The molecule has 2 nitrogen and oxygen atoms in total. The molecule has 0 saturated carbocycles. The maximum absolute atomic E-state index is 9.11. The van der Waals surface area contributed by atoms with Crippen LogP contribution in [0.25, 0.3) is 0 Å². The maximum Gasteiger partial charge on any atom is 0.120 e. The van der Waals surface area contributed by atoms with E-state index in [1.807, 2.05) is 24.3 Å². The zero-order chi connectivity index (χ0) is 13.8. The lowest BCUT2D eigenvalue weighted by atomic mass is 10.0. The normalized spacial score (nSPS) is 10.5. The summed E-state index contributed by atoms with van der Waals surface area (Å²) in [6.45, 7) is 6.94. The van der Waals surface area contributed by atoms with Crippen molar-refractivity contribution in [1.29, 1.82) is 0 Å². The van der Waals surface area contributed by atoms with Gasteiger partial charge in [-0.25, -0.2) is 0 Å². The number of hydrogen-bond donors (Lipinski definition) is 1.